The average molecular weight is 315 g/mol. The smallest absolute Gasteiger partial charge is 0.271 e. The molecule has 6 nitrogen and oxygen atoms in total. The molecule has 0 fully saturated rings. The Hall–Kier alpha value is -2.63. The zero-order valence-corrected chi connectivity index (χ0v) is 13.8. The van der Waals surface area contributed by atoms with Crippen molar-refractivity contribution in [3.05, 3.63) is 56.5 Å². The van der Waals surface area contributed by atoms with Crippen LogP contribution in [0.1, 0.15) is 32.7 Å². The van der Waals surface area contributed by atoms with Gasteiger partial charge < -0.3 is 10.1 Å². The highest BCUT2D eigenvalue weighted by Gasteiger charge is 2.11. The van der Waals surface area contributed by atoms with E-state index in [2.05, 4.69) is 28.5 Å². The normalized spacial score (nSPS) is 10.4. The van der Waals surface area contributed by atoms with Crippen LogP contribution in [0.5, 0.6) is 5.75 Å². The van der Waals surface area contributed by atoms with Crippen LogP contribution < -0.4 is 15.6 Å². The SMILES string of the molecule is COc1c(C)cc(CCNC(=O)c2ccc(=O)[nH]n2)c(C)c1C. The second kappa shape index (κ2) is 7.09. The maximum absolute atomic E-state index is 11.9. The van der Waals surface area contributed by atoms with Gasteiger partial charge in [0.25, 0.3) is 11.5 Å². The fraction of sp³-hybridized carbons (Fsp3) is 0.353. The first-order valence-electron chi connectivity index (χ1n) is 7.41. The summed E-state index contributed by atoms with van der Waals surface area (Å²) in [6.45, 7) is 6.59. The Kier molecular flexibility index (Phi) is 5.16. The lowest BCUT2D eigenvalue weighted by molar-refractivity contribution is 0.0948. The molecule has 0 spiro atoms. The van der Waals surface area contributed by atoms with E-state index in [4.69, 9.17) is 4.74 Å². The Balaban J connectivity index is 2.03. The van der Waals surface area contributed by atoms with Gasteiger partial charge in [-0.25, -0.2) is 5.10 Å². The number of benzene rings is 1. The molecule has 0 bridgehead atoms. The molecule has 1 aromatic carbocycles. The van der Waals surface area contributed by atoms with Gasteiger partial charge in [0, 0.05) is 12.6 Å². The molecule has 0 aliphatic rings. The molecule has 1 heterocycles. The van der Waals surface area contributed by atoms with E-state index >= 15 is 0 Å². The summed E-state index contributed by atoms with van der Waals surface area (Å²) >= 11 is 0. The fourth-order valence-electron chi connectivity index (χ4n) is 2.59. The first kappa shape index (κ1) is 16.7. The van der Waals surface area contributed by atoms with E-state index in [-0.39, 0.29) is 17.2 Å². The zero-order valence-electron chi connectivity index (χ0n) is 13.8. The topological polar surface area (TPSA) is 84.1 Å². The summed E-state index contributed by atoms with van der Waals surface area (Å²) in [5.74, 6) is 0.605. The van der Waals surface area contributed by atoms with Crippen LogP contribution in [-0.2, 0) is 6.42 Å². The Morgan fingerprint density at radius 3 is 2.61 bits per heavy atom. The van der Waals surface area contributed by atoms with Crippen LogP contribution in [-0.4, -0.2) is 29.8 Å². The fourth-order valence-corrected chi connectivity index (χ4v) is 2.59. The van der Waals surface area contributed by atoms with Gasteiger partial charge in [0.2, 0.25) is 0 Å². The summed E-state index contributed by atoms with van der Waals surface area (Å²) in [6.07, 6.45) is 0.715. The number of ether oxygens (including phenoxy) is 1. The molecule has 2 rings (SSSR count). The highest BCUT2D eigenvalue weighted by molar-refractivity contribution is 5.91. The number of aromatic nitrogens is 2. The maximum atomic E-state index is 11.9. The van der Waals surface area contributed by atoms with E-state index in [1.807, 2.05) is 13.8 Å². The number of aromatic amines is 1. The number of amides is 1. The third-order valence-electron chi connectivity index (χ3n) is 3.93. The number of carbonyl (C=O) groups is 1. The lowest BCUT2D eigenvalue weighted by atomic mass is 9.96. The number of H-pyrrole nitrogens is 1. The third kappa shape index (κ3) is 3.77. The molecule has 0 unspecified atom stereocenters. The van der Waals surface area contributed by atoms with Crippen LogP contribution in [0.4, 0.5) is 0 Å². The molecule has 1 amide bonds. The van der Waals surface area contributed by atoms with Crippen LogP contribution in [0.25, 0.3) is 0 Å². The summed E-state index contributed by atoms with van der Waals surface area (Å²) in [7, 11) is 1.67. The molecule has 0 aliphatic heterocycles. The van der Waals surface area contributed by atoms with Crippen molar-refractivity contribution in [3.8, 4) is 5.75 Å². The van der Waals surface area contributed by atoms with Gasteiger partial charge in [0.15, 0.2) is 0 Å². The summed E-state index contributed by atoms with van der Waals surface area (Å²) < 4.78 is 5.41. The number of hydrogen-bond donors (Lipinski definition) is 2. The first-order valence-corrected chi connectivity index (χ1v) is 7.41. The van der Waals surface area contributed by atoms with E-state index in [0.717, 1.165) is 16.9 Å². The molecule has 0 aliphatic carbocycles. The number of nitrogens with zero attached hydrogens (tertiary/aromatic N) is 1. The minimum absolute atomic E-state index is 0.198. The minimum atomic E-state index is -0.332. The number of methoxy groups -OCH3 is 1. The highest BCUT2D eigenvalue weighted by atomic mass is 16.5. The molecule has 122 valence electrons. The van der Waals surface area contributed by atoms with Gasteiger partial charge in [-0.15, -0.1) is 0 Å². The molecule has 0 radical (unpaired) electrons. The predicted octanol–water partition coefficient (Wildman–Crippen LogP) is 1.68. The van der Waals surface area contributed by atoms with Crippen molar-refractivity contribution in [1.82, 2.24) is 15.5 Å². The van der Waals surface area contributed by atoms with Gasteiger partial charge in [0.05, 0.1) is 7.11 Å². The predicted molar refractivity (Wildman–Crippen MR) is 88.1 cm³/mol. The van der Waals surface area contributed by atoms with Gasteiger partial charge in [-0.3, -0.25) is 9.59 Å². The van der Waals surface area contributed by atoms with Crippen molar-refractivity contribution >= 4 is 5.91 Å². The Bertz CT molecular complexity index is 761. The van der Waals surface area contributed by atoms with Crippen molar-refractivity contribution in [3.63, 3.8) is 0 Å². The van der Waals surface area contributed by atoms with Gasteiger partial charge in [-0.05, 0) is 55.5 Å². The Labute approximate surface area is 134 Å². The summed E-state index contributed by atoms with van der Waals surface area (Å²) in [4.78, 5) is 22.9. The highest BCUT2D eigenvalue weighted by Crippen LogP contribution is 2.28. The number of aryl methyl sites for hydroxylation is 1. The lowest BCUT2D eigenvalue weighted by Crippen LogP contribution is -2.27. The standard InChI is InChI=1S/C17H21N3O3/c1-10-9-13(11(2)12(3)16(10)23-4)7-8-18-17(22)14-5-6-15(21)20-19-14/h5-6,9H,7-8H2,1-4H3,(H,18,22)(H,20,21). The van der Waals surface area contributed by atoms with Gasteiger partial charge in [0.1, 0.15) is 11.4 Å². The molecular formula is C17H21N3O3. The zero-order chi connectivity index (χ0) is 17.0. The van der Waals surface area contributed by atoms with E-state index in [0.29, 0.717) is 13.0 Å². The lowest BCUT2D eigenvalue weighted by Gasteiger charge is -2.15. The second-order valence-electron chi connectivity index (χ2n) is 5.45. The van der Waals surface area contributed by atoms with Gasteiger partial charge >= 0.3 is 0 Å². The molecule has 0 saturated heterocycles. The first-order chi connectivity index (χ1) is 10.9. The molecule has 2 aromatic rings. The number of nitrogens with one attached hydrogen (secondary N) is 2. The van der Waals surface area contributed by atoms with Gasteiger partial charge in [-0.1, -0.05) is 6.07 Å². The molecule has 23 heavy (non-hydrogen) atoms. The summed E-state index contributed by atoms with van der Waals surface area (Å²) in [6, 6.07) is 4.77. The van der Waals surface area contributed by atoms with Crippen LogP contribution in [0.2, 0.25) is 0 Å². The van der Waals surface area contributed by atoms with Crippen molar-refractivity contribution in [1.29, 1.82) is 0 Å². The summed E-state index contributed by atoms with van der Waals surface area (Å²) in [5, 5.41) is 8.76. The van der Waals surface area contributed by atoms with Gasteiger partial charge in [-0.2, -0.15) is 5.10 Å². The minimum Gasteiger partial charge on any atom is -0.496 e. The molecule has 6 heteroatoms. The molecule has 0 atom stereocenters. The maximum Gasteiger partial charge on any atom is 0.271 e. The van der Waals surface area contributed by atoms with Crippen LogP contribution in [0, 0.1) is 20.8 Å². The molecule has 2 N–H and O–H groups in total. The number of rotatable bonds is 5. The third-order valence-corrected chi connectivity index (χ3v) is 3.93. The van der Waals surface area contributed by atoms with Crippen molar-refractivity contribution in [2.24, 2.45) is 0 Å². The van der Waals surface area contributed by atoms with Crippen LogP contribution >= 0.6 is 0 Å². The van der Waals surface area contributed by atoms with Crippen molar-refractivity contribution in [2.45, 2.75) is 27.2 Å². The van der Waals surface area contributed by atoms with Crippen LogP contribution in [0.15, 0.2) is 23.0 Å². The number of hydrogen-bond acceptors (Lipinski definition) is 4. The largest absolute Gasteiger partial charge is 0.496 e. The molecule has 1 aromatic heterocycles. The molecule has 0 saturated carbocycles. The quantitative estimate of drug-likeness (QED) is 0.879. The Morgan fingerprint density at radius 2 is 2.00 bits per heavy atom. The second-order valence-corrected chi connectivity index (χ2v) is 5.45. The number of carbonyl (C=O) groups excluding carboxylic acids is 1. The van der Waals surface area contributed by atoms with E-state index < -0.39 is 0 Å². The van der Waals surface area contributed by atoms with E-state index in [1.165, 1.54) is 23.3 Å². The average Bonchev–Trinajstić information content (AvgIpc) is 2.53. The van der Waals surface area contributed by atoms with E-state index in [1.54, 1.807) is 7.11 Å². The Morgan fingerprint density at radius 1 is 1.26 bits per heavy atom. The van der Waals surface area contributed by atoms with E-state index in [9.17, 15) is 9.59 Å². The van der Waals surface area contributed by atoms with Crippen LogP contribution in [0.3, 0.4) is 0 Å². The molecular weight excluding hydrogens is 294 g/mol. The summed E-state index contributed by atoms with van der Waals surface area (Å²) in [5.41, 5.74) is 4.42. The van der Waals surface area contributed by atoms with Crippen molar-refractivity contribution in [2.75, 3.05) is 13.7 Å². The monoisotopic (exact) mass is 315 g/mol. The van der Waals surface area contributed by atoms with Crippen molar-refractivity contribution < 1.29 is 9.53 Å².